The third-order valence-electron chi connectivity index (χ3n) is 2.24. The highest BCUT2D eigenvalue weighted by molar-refractivity contribution is 6.30. The summed E-state index contributed by atoms with van der Waals surface area (Å²) in [6.45, 7) is 0. The first-order valence-corrected chi connectivity index (χ1v) is 5.25. The summed E-state index contributed by atoms with van der Waals surface area (Å²) in [7, 11) is 1.57. The van der Waals surface area contributed by atoms with Crippen LogP contribution in [0.3, 0.4) is 0 Å². The molecule has 0 radical (unpaired) electrons. The van der Waals surface area contributed by atoms with Gasteiger partial charge in [-0.3, -0.25) is 4.79 Å². The van der Waals surface area contributed by atoms with Crippen molar-refractivity contribution in [3.8, 4) is 17.0 Å². The van der Waals surface area contributed by atoms with E-state index in [0.717, 1.165) is 5.56 Å². The minimum Gasteiger partial charge on any atom is -0.496 e. The zero-order valence-corrected chi connectivity index (χ0v) is 9.81. The van der Waals surface area contributed by atoms with Gasteiger partial charge in [0.2, 0.25) is 0 Å². The highest BCUT2D eigenvalue weighted by Gasteiger charge is 2.08. The van der Waals surface area contributed by atoms with Crippen molar-refractivity contribution in [3.05, 3.63) is 41.0 Å². The van der Waals surface area contributed by atoms with Gasteiger partial charge in [-0.1, -0.05) is 11.6 Å². The van der Waals surface area contributed by atoms with E-state index in [1.165, 1.54) is 0 Å². The predicted octanol–water partition coefficient (Wildman–Crippen LogP) is 2.62. The average Bonchev–Trinajstić information content (AvgIpc) is 2.39. The van der Waals surface area contributed by atoms with E-state index < -0.39 is 0 Å². The molecule has 0 atom stereocenters. The average molecular weight is 249 g/mol. The standard InChI is InChI=1S/C12H9ClN2O2/c1-17-12-5-2-8(13)6-10(12)11-4-3-9(7-16)14-15-11/h2-7H,1H3. The van der Waals surface area contributed by atoms with Gasteiger partial charge in [0.15, 0.2) is 6.29 Å². The summed E-state index contributed by atoms with van der Waals surface area (Å²) < 4.78 is 5.22. The Morgan fingerprint density at radius 1 is 1.24 bits per heavy atom. The van der Waals surface area contributed by atoms with E-state index in [4.69, 9.17) is 16.3 Å². The number of aldehydes is 1. The van der Waals surface area contributed by atoms with Crippen molar-refractivity contribution in [2.75, 3.05) is 7.11 Å². The first-order chi connectivity index (χ1) is 8.24. The quantitative estimate of drug-likeness (QED) is 0.784. The molecule has 2 rings (SSSR count). The third-order valence-corrected chi connectivity index (χ3v) is 2.48. The molecule has 0 saturated carbocycles. The number of methoxy groups -OCH3 is 1. The maximum Gasteiger partial charge on any atom is 0.170 e. The molecule has 5 heteroatoms. The first kappa shape index (κ1) is 11.5. The molecule has 0 fully saturated rings. The molecule has 0 aliphatic heterocycles. The van der Waals surface area contributed by atoms with E-state index in [-0.39, 0.29) is 5.69 Å². The fraction of sp³-hybridized carbons (Fsp3) is 0.0833. The van der Waals surface area contributed by atoms with Crippen molar-refractivity contribution in [2.45, 2.75) is 0 Å². The molecule has 0 N–H and O–H groups in total. The lowest BCUT2D eigenvalue weighted by Crippen LogP contribution is -1.94. The molecule has 1 aromatic carbocycles. The highest BCUT2D eigenvalue weighted by Crippen LogP contribution is 2.30. The van der Waals surface area contributed by atoms with Gasteiger partial charge in [-0.15, -0.1) is 10.2 Å². The number of rotatable bonds is 3. The summed E-state index contributed by atoms with van der Waals surface area (Å²) in [6, 6.07) is 8.52. The lowest BCUT2D eigenvalue weighted by Gasteiger charge is -2.07. The minimum absolute atomic E-state index is 0.287. The SMILES string of the molecule is COc1ccc(Cl)cc1-c1ccc(C=O)nn1. The molecule has 0 bridgehead atoms. The number of hydrogen-bond acceptors (Lipinski definition) is 4. The molecule has 4 nitrogen and oxygen atoms in total. The van der Waals surface area contributed by atoms with Gasteiger partial charge < -0.3 is 4.74 Å². The van der Waals surface area contributed by atoms with Gasteiger partial charge in [-0.2, -0.15) is 0 Å². The number of hydrogen-bond donors (Lipinski definition) is 0. The van der Waals surface area contributed by atoms with E-state index in [0.29, 0.717) is 22.8 Å². The van der Waals surface area contributed by atoms with Crippen molar-refractivity contribution in [2.24, 2.45) is 0 Å². The topological polar surface area (TPSA) is 52.1 Å². The molecule has 0 unspecified atom stereocenters. The molecule has 0 amide bonds. The van der Waals surface area contributed by atoms with Crippen LogP contribution in [0.1, 0.15) is 10.5 Å². The molecular formula is C12H9ClN2O2. The lowest BCUT2D eigenvalue weighted by atomic mass is 10.1. The summed E-state index contributed by atoms with van der Waals surface area (Å²) >= 11 is 5.92. The van der Waals surface area contributed by atoms with Crippen molar-refractivity contribution >= 4 is 17.9 Å². The van der Waals surface area contributed by atoms with Crippen molar-refractivity contribution in [3.63, 3.8) is 0 Å². The fourth-order valence-electron chi connectivity index (χ4n) is 1.43. The van der Waals surface area contributed by atoms with Gasteiger partial charge in [0, 0.05) is 10.6 Å². The van der Waals surface area contributed by atoms with Crippen LogP contribution in [-0.4, -0.2) is 23.6 Å². The van der Waals surface area contributed by atoms with Gasteiger partial charge in [0.1, 0.15) is 11.4 Å². The Morgan fingerprint density at radius 3 is 2.65 bits per heavy atom. The normalized spacial score (nSPS) is 10.0. The number of ether oxygens (including phenoxy) is 1. The lowest BCUT2D eigenvalue weighted by molar-refractivity contribution is 0.111. The molecule has 1 heterocycles. The minimum atomic E-state index is 0.287. The van der Waals surface area contributed by atoms with Gasteiger partial charge >= 0.3 is 0 Å². The second kappa shape index (κ2) is 4.93. The van der Waals surface area contributed by atoms with Crippen LogP contribution in [0.25, 0.3) is 11.3 Å². The molecule has 0 aliphatic carbocycles. The molecule has 0 saturated heterocycles. The largest absolute Gasteiger partial charge is 0.496 e. The van der Waals surface area contributed by atoms with E-state index in [1.54, 1.807) is 37.4 Å². The summed E-state index contributed by atoms with van der Waals surface area (Å²) in [5.41, 5.74) is 1.63. The van der Waals surface area contributed by atoms with Crippen LogP contribution in [-0.2, 0) is 0 Å². The summed E-state index contributed by atoms with van der Waals surface area (Å²) in [5.74, 6) is 0.655. The fourth-order valence-corrected chi connectivity index (χ4v) is 1.60. The number of carbonyl (C=O) groups excluding carboxylic acids is 1. The first-order valence-electron chi connectivity index (χ1n) is 4.87. The zero-order chi connectivity index (χ0) is 12.3. The van der Waals surface area contributed by atoms with Crippen LogP contribution in [0.2, 0.25) is 5.02 Å². The number of halogens is 1. The smallest absolute Gasteiger partial charge is 0.170 e. The van der Waals surface area contributed by atoms with Crippen LogP contribution in [0.5, 0.6) is 5.75 Å². The van der Waals surface area contributed by atoms with Gasteiger partial charge in [-0.25, -0.2) is 0 Å². The predicted molar refractivity (Wildman–Crippen MR) is 64.4 cm³/mol. The van der Waals surface area contributed by atoms with E-state index >= 15 is 0 Å². The zero-order valence-electron chi connectivity index (χ0n) is 9.05. The monoisotopic (exact) mass is 248 g/mol. The number of benzene rings is 1. The Hall–Kier alpha value is -1.94. The molecule has 17 heavy (non-hydrogen) atoms. The van der Waals surface area contributed by atoms with E-state index in [2.05, 4.69) is 10.2 Å². The van der Waals surface area contributed by atoms with Crippen molar-refractivity contribution < 1.29 is 9.53 Å². The van der Waals surface area contributed by atoms with Crippen molar-refractivity contribution in [1.82, 2.24) is 10.2 Å². The van der Waals surface area contributed by atoms with Crippen LogP contribution in [0.4, 0.5) is 0 Å². The van der Waals surface area contributed by atoms with Gasteiger partial charge in [0.05, 0.1) is 12.8 Å². The molecule has 0 aliphatic rings. The Morgan fingerprint density at radius 2 is 2.06 bits per heavy atom. The van der Waals surface area contributed by atoms with Crippen LogP contribution >= 0.6 is 11.6 Å². The summed E-state index contributed by atoms with van der Waals surface area (Å²) in [6.07, 6.45) is 0.645. The van der Waals surface area contributed by atoms with Crippen LogP contribution in [0, 0.1) is 0 Å². The maximum absolute atomic E-state index is 10.5. The molecular weight excluding hydrogens is 240 g/mol. The maximum atomic E-state index is 10.5. The number of carbonyl (C=O) groups is 1. The van der Waals surface area contributed by atoms with Gasteiger partial charge in [-0.05, 0) is 30.3 Å². The Bertz CT molecular complexity index is 541. The summed E-state index contributed by atoms with van der Waals surface area (Å²) in [5, 5.41) is 8.30. The molecule has 2 aromatic rings. The third kappa shape index (κ3) is 2.42. The Balaban J connectivity index is 2.50. The Kier molecular flexibility index (Phi) is 3.35. The van der Waals surface area contributed by atoms with Crippen molar-refractivity contribution in [1.29, 1.82) is 0 Å². The second-order valence-corrected chi connectivity index (χ2v) is 3.74. The van der Waals surface area contributed by atoms with Crippen LogP contribution in [0.15, 0.2) is 30.3 Å². The van der Waals surface area contributed by atoms with Gasteiger partial charge in [0.25, 0.3) is 0 Å². The van der Waals surface area contributed by atoms with E-state index in [9.17, 15) is 4.79 Å². The summed E-state index contributed by atoms with van der Waals surface area (Å²) in [4.78, 5) is 10.5. The highest BCUT2D eigenvalue weighted by atomic mass is 35.5. The number of nitrogens with zero attached hydrogens (tertiary/aromatic N) is 2. The van der Waals surface area contributed by atoms with Crippen LogP contribution < -0.4 is 4.74 Å². The number of aromatic nitrogens is 2. The van der Waals surface area contributed by atoms with E-state index in [1.807, 2.05) is 0 Å². The second-order valence-electron chi connectivity index (χ2n) is 3.31. The Labute approximate surface area is 103 Å². The molecule has 0 spiro atoms. The molecule has 1 aromatic heterocycles. The molecule has 86 valence electrons.